The van der Waals surface area contributed by atoms with E-state index in [-0.39, 0.29) is 29.5 Å². The van der Waals surface area contributed by atoms with Crippen LogP contribution in [0.15, 0.2) is 41.3 Å². The monoisotopic (exact) mass is 420 g/mol. The molecule has 0 aliphatic rings. The van der Waals surface area contributed by atoms with Crippen LogP contribution in [0.4, 0.5) is 11.6 Å². The molecule has 3 rings (SSSR count). The molecule has 2 aromatic heterocycles. The zero-order chi connectivity index (χ0) is 22.5. The molecule has 0 aliphatic heterocycles. The lowest BCUT2D eigenvalue weighted by molar-refractivity contribution is -0.119. The van der Waals surface area contributed by atoms with E-state index < -0.39 is 0 Å². The van der Waals surface area contributed by atoms with Gasteiger partial charge in [-0.2, -0.15) is 0 Å². The van der Waals surface area contributed by atoms with E-state index in [4.69, 9.17) is 5.73 Å². The highest BCUT2D eigenvalue weighted by molar-refractivity contribution is 5.80. The zero-order valence-corrected chi connectivity index (χ0v) is 18.3. The van der Waals surface area contributed by atoms with Gasteiger partial charge in [0.05, 0.1) is 6.42 Å². The molecule has 0 aliphatic carbocycles. The number of anilines is 2. The summed E-state index contributed by atoms with van der Waals surface area (Å²) >= 11 is 0. The molecule has 0 saturated heterocycles. The topological polar surface area (TPSA) is 115 Å². The minimum absolute atomic E-state index is 0.138. The van der Waals surface area contributed by atoms with Crippen molar-refractivity contribution in [2.24, 2.45) is 0 Å². The second-order valence-corrected chi connectivity index (χ2v) is 7.45. The van der Waals surface area contributed by atoms with Gasteiger partial charge in [0.2, 0.25) is 5.91 Å². The molecule has 0 bridgehead atoms. The van der Waals surface area contributed by atoms with E-state index in [1.54, 1.807) is 20.2 Å². The van der Waals surface area contributed by atoms with E-state index in [0.717, 1.165) is 17.5 Å². The number of pyridine rings is 1. The third-order valence-electron chi connectivity index (χ3n) is 5.40. The molecule has 1 aromatic carbocycles. The highest BCUT2D eigenvalue weighted by Crippen LogP contribution is 2.24. The van der Waals surface area contributed by atoms with Gasteiger partial charge in [-0.3, -0.25) is 14.2 Å². The Kier molecular flexibility index (Phi) is 6.69. The molecule has 3 aromatic rings. The lowest BCUT2D eigenvalue weighted by Crippen LogP contribution is -2.28. The van der Waals surface area contributed by atoms with Crippen molar-refractivity contribution in [3.05, 3.63) is 74.8 Å². The number of hydrogen-bond donors (Lipinski definition) is 3. The lowest BCUT2D eigenvalue weighted by Gasteiger charge is -2.18. The largest absolute Gasteiger partial charge is 0.383 e. The number of hydrogen-bond acceptors (Lipinski definition) is 6. The van der Waals surface area contributed by atoms with Crippen molar-refractivity contribution in [2.75, 3.05) is 24.6 Å². The summed E-state index contributed by atoms with van der Waals surface area (Å²) in [6.45, 7) is 6.14. The average Bonchev–Trinajstić information content (AvgIpc) is 2.76. The lowest BCUT2D eigenvalue weighted by atomic mass is 10.0. The van der Waals surface area contributed by atoms with Crippen LogP contribution in [0.1, 0.15) is 27.9 Å². The first kappa shape index (κ1) is 22.0. The quantitative estimate of drug-likeness (QED) is 0.539. The highest BCUT2D eigenvalue weighted by Gasteiger charge is 2.19. The van der Waals surface area contributed by atoms with Gasteiger partial charge in [-0.15, -0.1) is 0 Å². The van der Waals surface area contributed by atoms with Crippen LogP contribution in [0.5, 0.6) is 0 Å². The second kappa shape index (κ2) is 9.42. The summed E-state index contributed by atoms with van der Waals surface area (Å²) in [4.78, 5) is 33.8. The number of aryl methyl sites for hydroxylation is 1. The summed E-state index contributed by atoms with van der Waals surface area (Å²) in [5.74, 6) is 0.800. The summed E-state index contributed by atoms with van der Waals surface area (Å²) in [5.41, 5.74) is 10.0. The molecule has 31 heavy (non-hydrogen) atoms. The summed E-state index contributed by atoms with van der Waals surface area (Å²) in [6, 6.07) is 10.0. The van der Waals surface area contributed by atoms with Crippen LogP contribution in [0.2, 0.25) is 0 Å². The van der Waals surface area contributed by atoms with Gasteiger partial charge in [-0.05, 0) is 43.9 Å². The van der Waals surface area contributed by atoms with Gasteiger partial charge in [0.25, 0.3) is 5.56 Å². The van der Waals surface area contributed by atoms with Gasteiger partial charge in [0.1, 0.15) is 11.6 Å². The average molecular weight is 421 g/mol. The number of carbonyl (C=O) groups excluding carboxylic acids is 1. The number of rotatable bonds is 7. The van der Waals surface area contributed by atoms with Crippen molar-refractivity contribution in [3.8, 4) is 5.82 Å². The molecule has 2 heterocycles. The van der Waals surface area contributed by atoms with Crippen LogP contribution < -0.4 is 21.9 Å². The molecule has 0 atom stereocenters. The van der Waals surface area contributed by atoms with Crippen LogP contribution in [0.3, 0.4) is 0 Å². The Balaban J connectivity index is 1.94. The van der Waals surface area contributed by atoms with Gasteiger partial charge in [0, 0.05) is 31.0 Å². The zero-order valence-electron chi connectivity index (χ0n) is 18.3. The second-order valence-electron chi connectivity index (χ2n) is 7.45. The van der Waals surface area contributed by atoms with E-state index in [9.17, 15) is 9.59 Å². The molecule has 0 fully saturated rings. The summed E-state index contributed by atoms with van der Waals surface area (Å²) in [5, 5.41) is 5.73. The van der Waals surface area contributed by atoms with Gasteiger partial charge >= 0.3 is 0 Å². The van der Waals surface area contributed by atoms with Crippen molar-refractivity contribution in [1.82, 2.24) is 19.9 Å². The molecule has 8 heteroatoms. The Bertz CT molecular complexity index is 1150. The number of nitrogen functional groups attached to an aromatic ring is 1. The molecule has 0 spiro atoms. The van der Waals surface area contributed by atoms with Crippen molar-refractivity contribution in [2.45, 2.75) is 33.6 Å². The molecule has 1 amide bonds. The van der Waals surface area contributed by atoms with Crippen LogP contribution in [-0.2, 0) is 17.6 Å². The van der Waals surface area contributed by atoms with Gasteiger partial charge in [-0.1, -0.05) is 30.3 Å². The molecule has 8 nitrogen and oxygen atoms in total. The first-order chi connectivity index (χ1) is 14.8. The number of benzene rings is 1. The number of carbonyl (C=O) groups is 1. The maximum absolute atomic E-state index is 13.2. The third-order valence-corrected chi connectivity index (χ3v) is 5.40. The number of nitrogens with one attached hydrogen (secondary N) is 2. The summed E-state index contributed by atoms with van der Waals surface area (Å²) < 4.78 is 1.51. The SMILES string of the molecule is CNC(=O)Cc1c(N)nc(-n2c(C)cnc(NCCc3ccccc3)c2=O)c(C)c1C. The van der Waals surface area contributed by atoms with Crippen LogP contribution in [0.25, 0.3) is 5.82 Å². The smallest absolute Gasteiger partial charge is 0.299 e. The minimum atomic E-state index is -0.290. The summed E-state index contributed by atoms with van der Waals surface area (Å²) in [6.07, 6.45) is 2.55. The minimum Gasteiger partial charge on any atom is -0.383 e. The number of likely N-dealkylation sites (N-methyl/N-ethyl adjacent to an activating group) is 1. The van der Waals surface area contributed by atoms with E-state index in [0.29, 0.717) is 23.6 Å². The van der Waals surface area contributed by atoms with Gasteiger partial charge in [-0.25, -0.2) is 9.97 Å². The van der Waals surface area contributed by atoms with Crippen molar-refractivity contribution in [1.29, 1.82) is 0 Å². The standard InChI is InChI=1S/C23H28N6O2/c1-14-13-27-21(26-11-10-17-8-6-5-7-9-17)23(31)29(14)22-16(3)15(2)18(20(24)28-22)12-19(30)25-4/h5-9,13H,10-12H2,1-4H3,(H2,24,28)(H,25,30)(H,26,27). The molecular weight excluding hydrogens is 392 g/mol. The first-order valence-corrected chi connectivity index (χ1v) is 10.2. The molecule has 0 saturated carbocycles. The van der Waals surface area contributed by atoms with E-state index in [2.05, 4.69) is 20.6 Å². The van der Waals surface area contributed by atoms with Crippen molar-refractivity contribution < 1.29 is 4.79 Å². The molecule has 0 unspecified atom stereocenters. The van der Waals surface area contributed by atoms with Crippen LogP contribution in [-0.4, -0.2) is 34.0 Å². The number of amides is 1. The molecule has 4 N–H and O–H groups in total. The summed E-state index contributed by atoms with van der Waals surface area (Å²) in [7, 11) is 1.58. The molecule has 0 radical (unpaired) electrons. The van der Waals surface area contributed by atoms with E-state index in [1.807, 2.05) is 44.2 Å². The predicted molar refractivity (Wildman–Crippen MR) is 123 cm³/mol. The van der Waals surface area contributed by atoms with Gasteiger partial charge in [0.15, 0.2) is 5.82 Å². The van der Waals surface area contributed by atoms with E-state index >= 15 is 0 Å². The normalized spacial score (nSPS) is 10.7. The fourth-order valence-corrected chi connectivity index (χ4v) is 3.43. The number of nitrogens with zero attached hydrogens (tertiary/aromatic N) is 3. The van der Waals surface area contributed by atoms with Crippen molar-refractivity contribution in [3.63, 3.8) is 0 Å². The molecular formula is C23H28N6O2. The van der Waals surface area contributed by atoms with Crippen molar-refractivity contribution >= 4 is 17.5 Å². The highest BCUT2D eigenvalue weighted by atomic mass is 16.1. The van der Waals surface area contributed by atoms with Crippen LogP contribution >= 0.6 is 0 Å². The Labute approximate surface area is 181 Å². The van der Waals surface area contributed by atoms with Gasteiger partial charge < -0.3 is 16.4 Å². The number of nitrogens with two attached hydrogens (primary N) is 1. The maximum atomic E-state index is 13.2. The fourth-order valence-electron chi connectivity index (χ4n) is 3.43. The van der Waals surface area contributed by atoms with Crippen LogP contribution in [0, 0.1) is 20.8 Å². The predicted octanol–water partition coefficient (Wildman–Crippen LogP) is 2.08. The first-order valence-electron chi connectivity index (χ1n) is 10.2. The van der Waals surface area contributed by atoms with E-state index in [1.165, 1.54) is 10.1 Å². The Morgan fingerprint density at radius 1 is 1.13 bits per heavy atom. The Morgan fingerprint density at radius 3 is 2.52 bits per heavy atom. The Morgan fingerprint density at radius 2 is 1.84 bits per heavy atom. The molecule has 162 valence electrons. The fraction of sp³-hybridized carbons (Fsp3) is 0.304. The number of aromatic nitrogens is 3. The Hall–Kier alpha value is -3.68. The maximum Gasteiger partial charge on any atom is 0.299 e. The third kappa shape index (κ3) is 4.74.